The summed E-state index contributed by atoms with van der Waals surface area (Å²) in [6.45, 7) is 0. The molecule has 1 aliphatic heterocycles. The van der Waals surface area contributed by atoms with Crippen molar-refractivity contribution in [1.29, 1.82) is 0 Å². The molecule has 1 unspecified atom stereocenters. The number of anilines is 1. The summed E-state index contributed by atoms with van der Waals surface area (Å²) in [7, 11) is 0. The number of carbonyl (C=O) groups excluding carboxylic acids is 1. The summed E-state index contributed by atoms with van der Waals surface area (Å²) < 4.78 is 0. The third-order valence-electron chi connectivity index (χ3n) is 4.56. The molecule has 2 aliphatic rings. The first-order valence-electron chi connectivity index (χ1n) is 7.84. The molecule has 1 amide bonds. The lowest BCUT2D eigenvalue weighted by atomic mass is 9.97. The van der Waals surface area contributed by atoms with Crippen LogP contribution in [0, 0.1) is 0 Å². The molecule has 1 aromatic heterocycles. The van der Waals surface area contributed by atoms with Gasteiger partial charge in [-0.2, -0.15) is 16.9 Å². The second-order valence-corrected chi connectivity index (χ2v) is 7.29. The van der Waals surface area contributed by atoms with Gasteiger partial charge in [0.05, 0.1) is 0 Å². The van der Waals surface area contributed by atoms with Crippen molar-refractivity contribution in [2.24, 2.45) is 0 Å². The molecule has 0 bridgehead atoms. The quantitative estimate of drug-likeness (QED) is 0.750. The highest BCUT2D eigenvalue weighted by Gasteiger charge is 2.39. The van der Waals surface area contributed by atoms with Crippen LogP contribution in [0.15, 0.2) is 6.07 Å². The molecule has 21 heavy (non-hydrogen) atoms. The van der Waals surface area contributed by atoms with E-state index < -0.39 is 5.60 Å². The highest BCUT2D eigenvalue weighted by molar-refractivity contribution is 7.99. The summed E-state index contributed by atoms with van der Waals surface area (Å²) in [5.74, 6) is 2.03. The molecule has 1 saturated carbocycles. The van der Waals surface area contributed by atoms with Crippen molar-refractivity contribution >= 4 is 23.5 Å². The maximum atomic E-state index is 12.1. The van der Waals surface area contributed by atoms with E-state index in [9.17, 15) is 9.90 Å². The monoisotopic (exact) mass is 309 g/mol. The normalized spacial score (nSPS) is 27.5. The minimum atomic E-state index is -1.23. The Kier molecular flexibility index (Phi) is 4.54. The first-order valence-corrected chi connectivity index (χ1v) is 9.00. The zero-order valence-corrected chi connectivity index (χ0v) is 13.0. The van der Waals surface area contributed by atoms with Crippen LogP contribution in [0.3, 0.4) is 0 Å². The molecule has 116 valence electrons. The molecule has 0 radical (unpaired) electrons. The third-order valence-corrected chi connectivity index (χ3v) is 5.73. The van der Waals surface area contributed by atoms with Crippen LogP contribution in [0.2, 0.25) is 0 Å². The Morgan fingerprint density at radius 1 is 1.38 bits per heavy atom. The number of aliphatic hydroxyl groups is 1. The number of amides is 1. The van der Waals surface area contributed by atoms with Gasteiger partial charge < -0.3 is 10.4 Å². The van der Waals surface area contributed by atoms with Crippen LogP contribution in [-0.4, -0.2) is 38.3 Å². The van der Waals surface area contributed by atoms with E-state index in [1.54, 1.807) is 11.8 Å². The van der Waals surface area contributed by atoms with E-state index in [0.29, 0.717) is 23.9 Å². The summed E-state index contributed by atoms with van der Waals surface area (Å²) in [5, 5.41) is 20.2. The number of aromatic amines is 1. The fraction of sp³-hybridized carbons (Fsp3) is 0.733. The van der Waals surface area contributed by atoms with Crippen LogP contribution in [0.1, 0.15) is 56.6 Å². The third kappa shape index (κ3) is 3.43. The molecule has 0 spiro atoms. The number of H-pyrrole nitrogens is 1. The topological polar surface area (TPSA) is 78.0 Å². The Balaban J connectivity index is 1.63. The van der Waals surface area contributed by atoms with Gasteiger partial charge >= 0.3 is 0 Å². The predicted octanol–water partition coefficient (Wildman–Crippen LogP) is 2.65. The zero-order chi connectivity index (χ0) is 14.7. The molecular weight excluding hydrogens is 286 g/mol. The van der Waals surface area contributed by atoms with Gasteiger partial charge in [0.25, 0.3) is 5.91 Å². The van der Waals surface area contributed by atoms with E-state index in [2.05, 4.69) is 15.5 Å². The van der Waals surface area contributed by atoms with Gasteiger partial charge in [0, 0.05) is 23.4 Å². The smallest absolute Gasteiger partial charge is 0.258 e. The lowest BCUT2D eigenvalue weighted by Gasteiger charge is -2.19. The number of nitrogens with one attached hydrogen (secondary N) is 2. The second kappa shape index (κ2) is 6.40. The Morgan fingerprint density at radius 3 is 2.81 bits per heavy atom. The summed E-state index contributed by atoms with van der Waals surface area (Å²) in [4.78, 5) is 12.1. The van der Waals surface area contributed by atoms with Gasteiger partial charge in [-0.05, 0) is 25.0 Å². The number of nitrogens with zero attached hydrogens (tertiary/aromatic N) is 1. The number of thioether (sulfide) groups is 1. The molecule has 1 aromatic rings. The number of carbonyl (C=O) groups is 1. The average Bonchev–Trinajstić information content (AvgIpc) is 3.02. The first kappa shape index (κ1) is 14.9. The predicted molar refractivity (Wildman–Crippen MR) is 84.6 cm³/mol. The molecule has 1 atom stereocenters. The van der Waals surface area contributed by atoms with Gasteiger partial charge in [-0.3, -0.25) is 9.89 Å². The van der Waals surface area contributed by atoms with Crippen molar-refractivity contribution in [3.8, 4) is 0 Å². The summed E-state index contributed by atoms with van der Waals surface area (Å²) in [6.07, 6.45) is 8.07. The highest BCUT2D eigenvalue weighted by Crippen LogP contribution is 2.32. The van der Waals surface area contributed by atoms with Crippen molar-refractivity contribution in [3.05, 3.63) is 11.8 Å². The van der Waals surface area contributed by atoms with E-state index in [1.165, 1.54) is 38.5 Å². The summed E-state index contributed by atoms with van der Waals surface area (Å²) in [5.41, 5.74) is -0.119. The Bertz CT molecular complexity index is 489. The minimum absolute atomic E-state index is 0.327. The van der Waals surface area contributed by atoms with Crippen molar-refractivity contribution in [1.82, 2.24) is 10.2 Å². The molecule has 1 saturated heterocycles. The summed E-state index contributed by atoms with van der Waals surface area (Å²) in [6, 6.07) is 1.93. The largest absolute Gasteiger partial charge is 0.379 e. The molecule has 2 heterocycles. The van der Waals surface area contributed by atoms with Crippen LogP contribution >= 0.6 is 11.8 Å². The average molecular weight is 309 g/mol. The van der Waals surface area contributed by atoms with Crippen molar-refractivity contribution in [3.63, 3.8) is 0 Å². The van der Waals surface area contributed by atoms with Crippen LogP contribution in [0.25, 0.3) is 0 Å². The lowest BCUT2D eigenvalue weighted by molar-refractivity contribution is -0.131. The number of aromatic nitrogens is 2. The van der Waals surface area contributed by atoms with Crippen LogP contribution in [0.5, 0.6) is 0 Å². The van der Waals surface area contributed by atoms with Crippen molar-refractivity contribution in [2.75, 3.05) is 16.8 Å². The van der Waals surface area contributed by atoms with E-state index >= 15 is 0 Å². The second-order valence-electron chi connectivity index (χ2n) is 6.19. The fourth-order valence-electron chi connectivity index (χ4n) is 3.17. The van der Waals surface area contributed by atoms with Gasteiger partial charge in [-0.1, -0.05) is 25.7 Å². The standard InChI is InChI=1S/C15H23N3O2S/c19-14(15(20)7-8-21-10-15)16-13-9-12(17-18-13)11-5-3-1-2-4-6-11/h9,11,20H,1-8,10H2,(H2,16,17,18,19). The number of hydrogen-bond acceptors (Lipinski definition) is 4. The molecule has 3 rings (SSSR count). The van der Waals surface area contributed by atoms with Gasteiger partial charge in [-0.25, -0.2) is 0 Å². The van der Waals surface area contributed by atoms with Crippen LogP contribution in [0.4, 0.5) is 5.82 Å². The van der Waals surface area contributed by atoms with E-state index in [-0.39, 0.29) is 5.91 Å². The lowest BCUT2D eigenvalue weighted by Crippen LogP contribution is -2.42. The highest BCUT2D eigenvalue weighted by atomic mass is 32.2. The molecule has 0 aromatic carbocycles. The van der Waals surface area contributed by atoms with Crippen molar-refractivity contribution in [2.45, 2.75) is 56.5 Å². The molecule has 3 N–H and O–H groups in total. The Morgan fingerprint density at radius 2 is 2.14 bits per heavy atom. The number of hydrogen-bond donors (Lipinski definition) is 3. The molecule has 2 fully saturated rings. The van der Waals surface area contributed by atoms with Crippen LogP contribution < -0.4 is 5.32 Å². The molecule has 1 aliphatic carbocycles. The Labute approximate surface area is 129 Å². The molecule has 6 heteroatoms. The van der Waals surface area contributed by atoms with E-state index in [1.807, 2.05) is 6.07 Å². The van der Waals surface area contributed by atoms with Crippen molar-refractivity contribution < 1.29 is 9.90 Å². The maximum Gasteiger partial charge on any atom is 0.258 e. The molecular formula is C15H23N3O2S. The van der Waals surface area contributed by atoms with Crippen LogP contribution in [-0.2, 0) is 4.79 Å². The van der Waals surface area contributed by atoms with Gasteiger partial charge in [0.1, 0.15) is 0 Å². The zero-order valence-electron chi connectivity index (χ0n) is 12.2. The number of rotatable bonds is 3. The van der Waals surface area contributed by atoms with Gasteiger partial charge in [0.15, 0.2) is 11.4 Å². The molecule has 5 nitrogen and oxygen atoms in total. The van der Waals surface area contributed by atoms with E-state index in [4.69, 9.17) is 0 Å². The summed E-state index contributed by atoms with van der Waals surface area (Å²) >= 11 is 1.61. The van der Waals surface area contributed by atoms with Gasteiger partial charge in [0.2, 0.25) is 0 Å². The van der Waals surface area contributed by atoms with Gasteiger partial charge in [-0.15, -0.1) is 0 Å². The Hall–Kier alpha value is -1.01. The fourth-order valence-corrected chi connectivity index (χ4v) is 4.41. The van der Waals surface area contributed by atoms with E-state index in [0.717, 1.165) is 11.4 Å². The SMILES string of the molecule is O=C(Nc1cc(C2CCCCCC2)[nH]n1)C1(O)CCSC1. The maximum absolute atomic E-state index is 12.1. The first-order chi connectivity index (χ1) is 10.2. The minimum Gasteiger partial charge on any atom is -0.379 e.